The van der Waals surface area contributed by atoms with E-state index < -0.39 is 28.6 Å². The van der Waals surface area contributed by atoms with E-state index in [9.17, 15) is 13.6 Å². The summed E-state index contributed by atoms with van der Waals surface area (Å²) in [6.07, 6.45) is 3.20. The molecule has 0 saturated carbocycles. The summed E-state index contributed by atoms with van der Waals surface area (Å²) >= 11 is 0. The van der Waals surface area contributed by atoms with Crippen molar-refractivity contribution in [2.24, 2.45) is 0 Å². The zero-order valence-electron chi connectivity index (χ0n) is 19.5. The van der Waals surface area contributed by atoms with Crippen LogP contribution in [0.15, 0.2) is 54.0 Å². The van der Waals surface area contributed by atoms with Crippen molar-refractivity contribution < 1.29 is 18.3 Å². The Balaban J connectivity index is 1.54. The van der Waals surface area contributed by atoms with Crippen LogP contribution in [0.2, 0.25) is 0 Å². The van der Waals surface area contributed by atoms with Crippen molar-refractivity contribution >= 4 is 5.82 Å². The topological polar surface area (TPSA) is 69.5 Å². The molecule has 0 saturated heterocycles. The predicted octanol–water partition coefficient (Wildman–Crippen LogP) is 4.77. The normalized spacial score (nSPS) is 17.1. The highest BCUT2D eigenvalue weighted by molar-refractivity contribution is 5.52. The van der Waals surface area contributed by atoms with Crippen LogP contribution in [0.5, 0.6) is 17.4 Å². The third kappa shape index (κ3) is 4.37. The average Bonchev–Trinajstić information content (AvgIpc) is 3.09. The lowest BCUT2D eigenvalue weighted by atomic mass is 10.0. The van der Waals surface area contributed by atoms with Crippen LogP contribution in [0.25, 0.3) is 0 Å². The lowest BCUT2D eigenvalue weighted by Crippen LogP contribution is -2.46. The number of fused-ring (bicyclic) bond motifs is 1. The molecular formula is C25H26F2N4O3. The molecule has 1 aliphatic heterocycles. The summed E-state index contributed by atoms with van der Waals surface area (Å²) in [5.41, 5.74) is 0.0709. The van der Waals surface area contributed by atoms with E-state index in [-0.39, 0.29) is 29.8 Å². The number of anilines is 1. The highest BCUT2D eigenvalue weighted by atomic mass is 19.1. The molecule has 1 unspecified atom stereocenters. The van der Waals surface area contributed by atoms with Gasteiger partial charge < -0.3 is 14.4 Å². The Bertz CT molecular complexity index is 1270. The molecule has 0 amide bonds. The molecule has 1 atom stereocenters. The molecule has 0 radical (unpaired) electrons. The number of hydrogen-bond donors (Lipinski definition) is 0. The van der Waals surface area contributed by atoms with Crippen molar-refractivity contribution in [3.8, 4) is 17.4 Å². The lowest BCUT2D eigenvalue weighted by Gasteiger charge is -2.36. The maximum absolute atomic E-state index is 14.6. The van der Waals surface area contributed by atoms with Crippen molar-refractivity contribution in [3.05, 3.63) is 82.6 Å². The summed E-state index contributed by atoms with van der Waals surface area (Å²) in [6, 6.07) is 7.24. The summed E-state index contributed by atoms with van der Waals surface area (Å²) < 4.78 is 41.7. The first-order valence-corrected chi connectivity index (χ1v) is 10.9. The first kappa shape index (κ1) is 23.4. The highest BCUT2D eigenvalue weighted by Gasteiger charge is 2.40. The molecule has 3 aromatic rings. The van der Waals surface area contributed by atoms with Crippen LogP contribution in [0.4, 0.5) is 14.6 Å². The van der Waals surface area contributed by atoms with E-state index in [1.807, 2.05) is 26.8 Å². The molecule has 0 spiro atoms. The first-order chi connectivity index (χ1) is 16.1. The lowest BCUT2D eigenvalue weighted by molar-refractivity contribution is 0.289. The van der Waals surface area contributed by atoms with Crippen LogP contribution in [0.3, 0.4) is 0 Å². The van der Waals surface area contributed by atoms with E-state index in [0.717, 1.165) is 17.8 Å². The van der Waals surface area contributed by atoms with E-state index in [1.54, 1.807) is 29.7 Å². The molecule has 1 aromatic carbocycles. The molecular weight excluding hydrogens is 442 g/mol. The molecule has 1 aliphatic rings. The van der Waals surface area contributed by atoms with Crippen LogP contribution in [0, 0.1) is 18.6 Å². The number of benzene rings is 1. The third-order valence-electron chi connectivity index (χ3n) is 5.75. The fraction of sp³-hybridized carbons (Fsp3) is 0.320. The SMILES string of the molecule is C=CC1(C)Cn2c(cc(OCc3cc(F)c(Oc4ccc(C)nc4)c(F)c3)nc2=O)N1C(C)C. The van der Waals surface area contributed by atoms with Gasteiger partial charge in [-0.25, -0.2) is 13.6 Å². The van der Waals surface area contributed by atoms with Gasteiger partial charge >= 0.3 is 5.69 Å². The van der Waals surface area contributed by atoms with E-state index >= 15 is 0 Å². The summed E-state index contributed by atoms with van der Waals surface area (Å²) in [4.78, 5) is 22.7. The summed E-state index contributed by atoms with van der Waals surface area (Å²) in [5.74, 6) is -1.35. The Hall–Kier alpha value is -3.75. The Morgan fingerprint density at radius 2 is 1.94 bits per heavy atom. The molecule has 3 heterocycles. The fourth-order valence-electron chi connectivity index (χ4n) is 4.15. The Labute approximate surface area is 196 Å². The van der Waals surface area contributed by atoms with Gasteiger partial charge in [-0.3, -0.25) is 9.55 Å². The second kappa shape index (κ2) is 8.89. The molecule has 0 N–H and O–H groups in total. The molecule has 178 valence electrons. The Morgan fingerprint density at radius 3 is 2.53 bits per heavy atom. The number of nitrogens with zero attached hydrogens (tertiary/aromatic N) is 4. The summed E-state index contributed by atoms with van der Waals surface area (Å²) in [6.45, 7) is 12.0. The minimum atomic E-state index is -0.881. The van der Waals surface area contributed by atoms with Crippen molar-refractivity contribution in [1.82, 2.24) is 14.5 Å². The molecule has 0 aliphatic carbocycles. The largest absolute Gasteiger partial charge is 0.473 e. The molecule has 34 heavy (non-hydrogen) atoms. The van der Waals surface area contributed by atoms with E-state index in [2.05, 4.69) is 21.4 Å². The zero-order chi connectivity index (χ0) is 24.6. The van der Waals surface area contributed by atoms with E-state index in [1.165, 1.54) is 6.20 Å². The Morgan fingerprint density at radius 1 is 1.24 bits per heavy atom. The second-order valence-electron chi connectivity index (χ2n) is 8.76. The van der Waals surface area contributed by atoms with Crippen LogP contribution in [0.1, 0.15) is 32.0 Å². The molecule has 2 aromatic heterocycles. The number of ether oxygens (including phenoxy) is 2. The number of pyridine rings is 1. The smallest absolute Gasteiger partial charge is 0.352 e. The number of aromatic nitrogens is 3. The van der Waals surface area contributed by atoms with Gasteiger partial charge in [-0.2, -0.15) is 4.98 Å². The minimum absolute atomic E-state index is 0.0714. The number of aryl methyl sites for hydroxylation is 1. The van der Waals surface area contributed by atoms with Gasteiger partial charge in [0, 0.05) is 17.8 Å². The van der Waals surface area contributed by atoms with Crippen molar-refractivity contribution in [2.75, 3.05) is 4.90 Å². The minimum Gasteiger partial charge on any atom is -0.473 e. The quantitative estimate of drug-likeness (QED) is 0.466. The summed E-state index contributed by atoms with van der Waals surface area (Å²) in [5, 5.41) is 0. The molecule has 7 nitrogen and oxygen atoms in total. The predicted molar refractivity (Wildman–Crippen MR) is 124 cm³/mol. The number of halogens is 2. The van der Waals surface area contributed by atoms with Crippen molar-refractivity contribution in [1.29, 1.82) is 0 Å². The highest BCUT2D eigenvalue weighted by Crippen LogP contribution is 2.36. The van der Waals surface area contributed by atoms with Crippen LogP contribution >= 0.6 is 0 Å². The van der Waals surface area contributed by atoms with Gasteiger partial charge in [0.25, 0.3) is 0 Å². The van der Waals surface area contributed by atoms with Gasteiger partial charge in [-0.15, -0.1) is 6.58 Å². The molecule has 9 heteroatoms. The van der Waals surface area contributed by atoms with Crippen LogP contribution in [-0.4, -0.2) is 26.1 Å². The fourth-order valence-corrected chi connectivity index (χ4v) is 4.15. The maximum Gasteiger partial charge on any atom is 0.352 e. The zero-order valence-corrected chi connectivity index (χ0v) is 19.5. The average molecular weight is 469 g/mol. The van der Waals surface area contributed by atoms with Crippen LogP contribution in [-0.2, 0) is 13.2 Å². The van der Waals surface area contributed by atoms with E-state index in [0.29, 0.717) is 12.4 Å². The molecule has 4 rings (SSSR count). The van der Waals surface area contributed by atoms with Crippen LogP contribution < -0.4 is 20.1 Å². The van der Waals surface area contributed by atoms with Crippen molar-refractivity contribution in [3.63, 3.8) is 0 Å². The molecule has 0 bridgehead atoms. The third-order valence-corrected chi connectivity index (χ3v) is 5.75. The van der Waals surface area contributed by atoms with Crippen molar-refractivity contribution in [2.45, 2.75) is 52.4 Å². The van der Waals surface area contributed by atoms with E-state index in [4.69, 9.17) is 9.47 Å². The van der Waals surface area contributed by atoms with Gasteiger partial charge in [-0.1, -0.05) is 6.08 Å². The Kier molecular flexibility index (Phi) is 6.12. The number of hydrogen-bond acceptors (Lipinski definition) is 6. The second-order valence-corrected chi connectivity index (χ2v) is 8.76. The van der Waals surface area contributed by atoms with Gasteiger partial charge in [-0.05, 0) is 57.5 Å². The maximum atomic E-state index is 14.6. The monoisotopic (exact) mass is 468 g/mol. The first-order valence-electron chi connectivity index (χ1n) is 10.9. The standard InChI is InChI=1S/C25H26F2N4O3/c1-6-25(5)14-30-22(31(25)15(2)3)11-21(29-24(30)32)33-13-17-9-19(26)23(20(27)10-17)34-18-8-7-16(4)28-12-18/h6-12,15H,1,13-14H2,2-5H3. The number of rotatable bonds is 7. The van der Waals surface area contributed by atoms with Gasteiger partial charge in [0.05, 0.1) is 18.3 Å². The van der Waals surface area contributed by atoms with Gasteiger partial charge in [0.15, 0.2) is 17.4 Å². The summed E-state index contributed by atoms with van der Waals surface area (Å²) in [7, 11) is 0. The molecule has 0 fully saturated rings. The van der Waals surface area contributed by atoms with Gasteiger partial charge in [0.2, 0.25) is 5.88 Å². The van der Waals surface area contributed by atoms with Gasteiger partial charge in [0.1, 0.15) is 18.2 Å².